The number of amides is 1. The number of aromatic nitrogens is 2. The number of nitrogens with one attached hydrogen (secondary N) is 1. The van der Waals surface area contributed by atoms with Crippen LogP contribution in [0.25, 0.3) is 10.9 Å². The molecule has 0 fully saturated rings. The topological polar surface area (TPSA) is 58.2 Å². The van der Waals surface area contributed by atoms with Crippen molar-refractivity contribution in [2.24, 2.45) is 0 Å². The van der Waals surface area contributed by atoms with Crippen molar-refractivity contribution in [3.63, 3.8) is 0 Å². The molecule has 26 heavy (non-hydrogen) atoms. The molecule has 0 spiro atoms. The first kappa shape index (κ1) is 17.0. The Labute approximate surface area is 152 Å². The number of benzene rings is 1. The van der Waals surface area contributed by atoms with E-state index in [2.05, 4.69) is 9.97 Å². The Hall–Kier alpha value is -2.48. The minimum absolute atomic E-state index is 0.209. The van der Waals surface area contributed by atoms with Crippen molar-refractivity contribution in [2.75, 3.05) is 13.2 Å². The summed E-state index contributed by atoms with van der Waals surface area (Å²) in [6.07, 6.45) is 1.56. The van der Waals surface area contributed by atoms with Crippen LogP contribution in [0.2, 0.25) is 0 Å². The summed E-state index contributed by atoms with van der Waals surface area (Å²) in [4.78, 5) is 22.8. The van der Waals surface area contributed by atoms with Gasteiger partial charge in [-0.15, -0.1) is 0 Å². The van der Waals surface area contributed by atoms with Crippen molar-refractivity contribution in [3.8, 4) is 5.19 Å². The fourth-order valence-corrected chi connectivity index (χ4v) is 4.04. The van der Waals surface area contributed by atoms with Gasteiger partial charge in [0.15, 0.2) is 0 Å². The van der Waals surface area contributed by atoms with E-state index in [9.17, 15) is 13.6 Å². The molecule has 1 aliphatic rings. The first-order valence-corrected chi connectivity index (χ1v) is 9.25. The van der Waals surface area contributed by atoms with Crippen molar-refractivity contribution < 1.29 is 18.3 Å². The van der Waals surface area contributed by atoms with E-state index in [1.165, 1.54) is 23.5 Å². The largest absolute Gasteiger partial charge is 0.470 e. The molecule has 1 aliphatic heterocycles. The summed E-state index contributed by atoms with van der Waals surface area (Å²) in [7, 11) is 0. The number of aromatic amines is 1. The van der Waals surface area contributed by atoms with Crippen LogP contribution >= 0.6 is 11.3 Å². The predicted octanol–water partition coefficient (Wildman–Crippen LogP) is 3.89. The van der Waals surface area contributed by atoms with Crippen LogP contribution in [0.4, 0.5) is 8.78 Å². The number of carbonyl (C=O) groups excluding carboxylic acids is 1. The highest BCUT2D eigenvalue weighted by molar-refractivity contribution is 7.13. The third-order valence-corrected chi connectivity index (χ3v) is 5.31. The van der Waals surface area contributed by atoms with Crippen LogP contribution in [0, 0.1) is 11.6 Å². The van der Waals surface area contributed by atoms with Gasteiger partial charge in [0.1, 0.15) is 17.3 Å². The Bertz CT molecular complexity index is 982. The number of thiazole rings is 1. The number of ether oxygens (including phenoxy) is 1. The molecular weight excluding hydrogens is 360 g/mol. The minimum atomic E-state index is -0.684. The molecule has 1 aromatic carbocycles. The summed E-state index contributed by atoms with van der Waals surface area (Å²) < 4.78 is 32.8. The second-order valence-corrected chi connectivity index (χ2v) is 7.25. The van der Waals surface area contributed by atoms with Gasteiger partial charge in [-0.2, -0.15) is 0 Å². The summed E-state index contributed by atoms with van der Waals surface area (Å²) >= 11 is 1.45. The molecule has 0 radical (unpaired) electrons. The molecule has 5 nitrogen and oxygen atoms in total. The number of carbonyl (C=O) groups is 1. The summed E-state index contributed by atoms with van der Waals surface area (Å²) in [5.41, 5.74) is 1.49. The highest BCUT2D eigenvalue weighted by atomic mass is 32.1. The van der Waals surface area contributed by atoms with E-state index in [0.717, 1.165) is 23.1 Å². The number of hydrogen-bond acceptors (Lipinski definition) is 4. The lowest BCUT2D eigenvalue weighted by molar-refractivity contribution is 0.0731. The SMILES string of the molecule is CCCOc1nc2c(s1)CN(C(=O)c1cc3c(F)cc(F)cc3[nH]1)CC2. The normalized spacial score (nSPS) is 13.9. The van der Waals surface area contributed by atoms with E-state index < -0.39 is 11.6 Å². The van der Waals surface area contributed by atoms with Gasteiger partial charge in [0.05, 0.1) is 29.2 Å². The van der Waals surface area contributed by atoms with E-state index in [0.29, 0.717) is 31.3 Å². The van der Waals surface area contributed by atoms with Gasteiger partial charge < -0.3 is 14.6 Å². The Morgan fingerprint density at radius 2 is 2.23 bits per heavy atom. The average molecular weight is 377 g/mol. The molecule has 0 bridgehead atoms. The highest BCUT2D eigenvalue weighted by Gasteiger charge is 2.26. The van der Waals surface area contributed by atoms with Gasteiger partial charge in [-0.1, -0.05) is 18.3 Å². The Morgan fingerprint density at radius 1 is 1.38 bits per heavy atom. The fraction of sp³-hybridized carbons (Fsp3) is 0.333. The van der Waals surface area contributed by atoms with Crippen LogP contribution < -0.4 is 4.74 Å². The van der Waals surface area contributed by atoms with E-state index in [4.69, 9.17) is 4.74 Å². The average Bonchev–Trinajstić information content (AvgIpc) is 3.22. The summed E-state index contributed by atoms with van der Waals surface area (Å²) in [5.74, 6) is -1.60. The molecule has 2 aromatic heterocycles. The predicted molar refractivity (Wildman–Crippen MR) is 94.6 cm³/mol. The molecule has 1 amide bonds. The van der Waals surface area contributed by atoms with Crippen LogP contribution in [0.5, 0.6) is 5.19 Å². The third kappa shape index (κ3) is 3.05. The standard InChI is InChI=1S/C18H17F2N3O2S/c1-2-5-25-18-22-13-3-4-23(9-16(13)26-18)17(24)15-8-11-12(20)6-10(19)7-14(11)21-15/h6-8,21H,2-5,9H2,1H3. The lowest BCUT2D eigenvalue weighted by Gasteiger charge is -2.25. The molecule has 8 heteroatoms. The van der Waals surface area contributed by atoms with Crippen molar-refractivity contribution in [1.29, 1.82) is 0 Å². The number of rotatable bonds is 4. The van der Waals surface area contributed by atoms with Gasteiger partial charge in [-0.05, 0) is 18.6 Å². The molecule has 136 valence electrons. The van der Waals surface area contributed by atoms with Gasteiger partial charge in [0.2, 0.25) is 0 Å². The number of H-pyrrole nitrogens is 1. The number of hydrogen-bond donors (Lipinski definition) is 1. The van der Waals surface area contributed by atoms with E-state index in [-0.39, 0.29) is 22.5 Å². The van der Waals surface area contributed by atoms with Crippen LogP contribution in [-0.4, -0.2) is 33.9 Å². The maximum absolute atomic E-state index is 13.9. The smallest absolute Gasteiger partial charge is 0.273 e. The Morgan fingerprint density at radius 3 is 3.04 bits per heavy atom. The molecule has 0 aliphatic carbocycles. The zero-order valence-corrected chi connectivity index (χ0v) is 15.0. The maximum atomic E-state index is 13.9. The molecule has 3 heterocycles. The van der Waals surface area contributed by atoms with Gasteiger partial charge in [-0.3, -0.25) is 4.79 Å². The maximum Gasteiger partial charge on any atom is 0.273 e. The molecule has 3 aromatic rings. The third-order valence-electron chi connectivity index (χ3n) is 4.31. The van der Waals surface area contributed by atoms with E-state index >= 15 is 0 Å². The van der Waals surface area contributed by atoms with E-state index in [1.54, 1.807) is 4.90 Å². The van der Waals surface area contributed by atoms with Gasteiger partial charge in [0, 0.05) is 24.4 Å². The molecule has 4 rings (SSSR count). The van der Waals surface area contributed by atoms with Crippen molar-refractivity contribution >= 4 is 28.1 Å². The second kappa shape index (κ2) is 6.68. The minimum Gasteiger partial charge on any atom is -0.470 e. The van der Waals surface area contributed by atoms with Crippen LogP contribution in [0.3, 0.4) is 0 Å². The Balaban J connectivity index is 1.56. The quantitative estimate of drug-likeness (QED) is 0.750. The summed E-state index contributed by atoms with van der Waals surface area (Å²) in [6, 6.07) is 3.43. The van der Waals surface area contributed by atoms with E-state index in [1.807, 2.05) is 6.92 Å². The lowest BCUT2D eigenvalue weighted by atomic mass is 10.1. The van der Waals surface area contributed by atoms with Gasteiger partial charge >= 0.3 is 0 Å². The van der Waals surface area contributed by atoms with Crippen LogP contribution in [0.1, 0.15) is 34.4 Å². The number of halogens is 2. The lowest BCUT2D eigenvalue weighted by Crippen LogP contribution is -2.35. The number of nitrogens with zero attached hydrogens (tertiary/aromatic N) is 2. The summed E-state index contributed by atoms with van der Waals surface area (Å²) in [6.45, 7) is 3.61. The highest BCUT2D eigenvalue weighted by Crippen LogP contribution is 2.31. The van der Waals surface area contributed by atoms with Crippen LogP contribution in [-0.2, 0) is 13.0 Å². The van der Waals surface area contributed by atoms with Crippen molar-refractivity contribution in [3.05, 3.63) is 46.1 Å². The first-order chi connectivity index (χ1) is 12.5. The summed E-state index contributed by atoms with van der Waals surface area (Å²) in [5, 5.41) is 0.842. The zero-order chi connectivity index (χ0) is 18.3. The molecular formula is C18H17F2N3O2S. The zero-order valence-electron chi connectivity index (χ0n) is 14.1. The molecule has 0 unspecified atom stereocenters. The second-order valence-electron chi connectivity index (χ2n) is 6.21. The van der Waals surface area contributed by atoms with Crippen molar-refractivity contribution in [1.82, 2.24) is 14.9 Å². The van der Waals surface area contributed by atoms with Gasteiger partial charge in [-0.25, -0.2) is 13.8 Å². The first-order valence-electron chi connectivity index (χ1n) is 8.43. The molecule has 0 saturated heterocycles. The van der Waals surface area contributed by atoms with Crippen LogP contribution in [0.15, 0.2) is 18.2 Å². The fourth-order valence-electron chi connectivity index (χ4n) is 3.04. The number of fused-ring (bicyclic) bond motifs is 2. The molecule has 0 saturated carbocycles. The molecule has 0 atom stereocenters. The monoisotopic (exact) mass is 377 g/mol. The van der Waals surface area contributed by atoms with Crippen molar-refractivity contribution in [2.45, 2.75) is 26.3 Å². The Kier molecular flexibility index (Phi) is 4.36. The molecule has 1 N–H and O–H groups in total. The van der Waals surface area contributed by atoms with Gasteiger partial charge in [0.25, 0.3) is 11.1 Å².